The monoisotopic (exact) mass is 468 g/mol. The number of benzene rings is 4. The zero-order chi connectivity index (χ0) is 24.3. The van der Waals surface area contributed by atoms with Crippen molar-refractivity contribution < 1.29 is 9.53 Å². The van der Waals surface area contributed by atoms with Crippen molar-refractivity contribution in [1.82, 2.24) is 19.7 Å². The van der Waals surface area contributed by atoms with Crippen LogP contribution in [-0.2, 0) is 0 Å². The summed E-state index contributed by atoms with van der Waals surface area (Å²) in [5, 5.41) is 4.69. The molecule has 2 heterocycles. The van der Waals surface area contributed by atoms with Crippen LogP contribution in [0.5, 0.6) is 5.75 Å². The van der Waals surface area contributed by atoms with E-state index in [1.165, 1.54) is 0 Å². The lowest BCUT2D eigenvalue weighted by atomic mass is 10.1. The van der Waals surface area contributed by atoms with Gasteiger partial charge in [-0.3, -0.25) is 4.98 Å². The molecule has 0 aliphatic carbocycles. The second kappa shape index (κ2) is 9.27. The topological polar surface area (TPSA) is 69.9 Å². The summed E-state index contributed by atoms with van der Waals surface area (Å²) in [6.45, 7) is 0. The van der Waals surface area contributed by atoms with Crippen molar-refractivity contribution in [3.63, 3.8) is 0 Å². The van der Waals surface area contributed by atoms with E-state index < -0.39 is 5.97 Å². The molecule has 0 N–H and O–H groups in total. The molecule has 0 aliphatic heterocycles. The van der Waals surface area contributed by atoms with Crippen molar-refractivity contribution in [2.75, 3.05) is 0 Å². The smallest absolute Gasteiger partial charge is 0.347 e. The minimum Gasteiger partial charge on any atom is -0.423 e. The van der Waals surface area contributed by atoms with Crippen LogP contribution in [0.25, 0.3) is 39.2 Å². The molecule has 0 aliphatic rings. The van der Waals surface area contributed by atoms with Crippen molar-refractivity contribution in [3.8, 4) is 34.0 Å². The number of rotatable bonds is 5. The molecule has 0 bridgehead atoms. The van der Waals surface area contributed by atoms with Crippen LogP contribution in [0.15, 0.2) is 122 Å². The van der Waals surface area contributed by atoms with Gasteiger partial charge in [0.2, 0.25) is 0 Å². The first-order chi connectivity index (χ1) is 17.7. The van der Waals surface area contributed by atoms with Crippen LogP contribution in [-0.4, -0.2) is 25.7 Å². The number of carbonyl (C=O) groups excluding carboxylic acids is 1. The molecular weight excluding hydrogens is 448 g/mol. The molecule has 0 saturated carbocycles. The fraction of sp³-hybridized carbons (Fsp3) is 0. The average molecular weight is 469 g/mol. The SMILES string of the molecule is O=C(Oc1ccc(-c2cnc3ccccc3n2)cc1)c1cn(-c2ccccc2)nc1-c1ccccc1. The van der Waals surface area contributed by atoms with Gasteiger partial charge < -0.3 is 4.74 Å². The molecule has 2 aromatic heterocycles. The molecule has 6 rings (SSSR count). The summed E-state index contributed by atoms with van der Waals surface area (Å²) in [4.78, 5) is 22.4. The summed E-state index contributed by atoms with van der Waals surface area (Å²) < 4.78 is 7.44. The summed E-state index contributed by atoms with van der Waals surface area (Å²) >= 11 is 0. The van der Waals surface area contributed by atoms with Crippen molar-refractivity contribution in [2.45, 2.75) is 0 Å². The molecule has 0 unspecified atom stereocenters. The molecule has 6 heteroatoms. The van der Waals surface area contributed by atoms with Crippen LogP contribution < -0.4 is 4.74 Å². The first-order valence-corrected chi connectivity index (χ1v) is 11.5. The minimum absolute atomic E-state index is 0.384. The normalized spacial score (nSPS) is 10.9. The molecular formula is C30H20N4O2. The highest BCUT2D eigenvalue weighted by atomic mass is 16.5. The van der Waals surface area contributed by atoms with E-state index in [0.29, 0.717) is 17.0 Å². The van der Waals surface area contributed by atoms with Gasteiger partial charge >= 0.3 is 5.97 Å². The summed E-state index contributed by atoms with van der Waals surface area (Å²) in [7, 11) is 0. The number of carbonyl (C=O) groups is 1. The van der Waals surface area contributed by atoms with Gasteiger partial charge in [0.1, 0.15) is 17.0 Å². The Labute approximate surface area is 207 Å². The predicted molar refractivity (Wildman–Crippen MR) is 139 cm³/mol. The van der Waals surface area contributed by atoms with Gasteiger partial charge in [0.05, 0.1) is 28.6 Å². The summed E-state index contributed by atoms with van der Waals surface area (Å²) in [6, 6.07) is 34.3. The number of esters is 1. The number of para-hydroxylation sites is 3. The maximum Gasteiger partial charge on any atom is 0.347 e. The number of aromatic nitrogens is 4. The van der Waals surface area contributed by atoms with E-state index in [1.54, 1.807) is 29.2 Å². The van der Waals surface area contributed by atoms with Crippen LogP contribution in [0, 0.1) is 0 Å². The van der Waals surface area contributed by atoms with Gasteiger partial charge in [-0.15, -0.1) is 0 Å². The highest BCUT2D eigenvalue weighted by Gasteiger charge is 2.20. The van der Waals surface area contributed by atoms with Gasteiger partial charge in [-0.05, 0) is 48.5 Å². The second-order valence-corrected chi connectivity index (χ2v) is 8.20. The van der Waals surface area contributed by atoms with Gasteiger partial charge in [-0.25, -0.2) is 14.5 Å². The molecule has 6 aromatic rings. The van der Waals surface area contributed by atoms with E-state index in [2.05, 4.69) is 9.97 Å². The molecule has 6 nitrogen and oxygen atoms in total. The van der Waals surface area contributed by atoms with Gasteiger partial charge in [-0.1, -0.05) is 60.7 Å². The number of nitrogens with zero attached hydrogens (tertiary/aromatic N) is 4. The Bertz CT molecular complexity index is 1660. The molecule has 0 fully saturated rings. The molecule has 4 aromatic carbocycles. The van der Waals surface area contributed by atoms with E-state index in [0.717, 1.165) is 33.5 Å². The Kier molecular flexibility index (Phi) is 5.52. The van der Waals surface area contributed by atoms with E-state index in [-0.39, 0.29) is 0 Å². The standard InChI is InChI=1S/C30H20N4O2/c35-30(25-20-34(23-11-5-2-6-12-23)33-29(25)22-9-3-1-4-10-22)36-24-17-15-21(16-18-24)28-19-31-26-13-7-8-14-27(26)32-28/h1-20H. The maximum absolute atomic E-state index is 13.3. The third-order valence-electron chi connectivity index (χ3n) is 5.81. The first-order valence-electron chi connectivity index (χ1n) is 11.5. The van der Waals surface area contributed by atoms with Crippen LogP contribution in [0.3, 0.4) is 0 Å². The maximum atomic E-state index is 13.3. The lowest BCUT2D eigenvalue weighted by molar-refractivity contribution is 0.0735. The van der Waals surface area contributed by atoms with Crippen molar-refractivity contribution in [1.29, 1.82) is 0 Å². The van der Waals surface area contributed by atoms with Gasteiger partial charge in [0, 0.05) is 17.3 Å². The van der Waals surface area contributed by atoms with Gasteiger partial charge in [-0.2, -0.15) is 5.10 Å². The molecule has 36 heavy (non-hydrogen) atoms. The van der Waals surface area contributed by atoms with E-state index in [4.69, 9.17) is 9.84 Å². The van der Waals surface area contributed by atoms with Gasteiger partial charge in [0.25, 0.3) is 0 Å². The van der Waals surface area contributed by atoms with E-state index in [1.807, 2.05) is 97.1 Å². The second-order valence-electron chi connectivity index (χ2n) is 8.20. The number of hydrogen-bond donors (Lipinski definition) is 0. The van der Waals surface area contributed by atoms with Crippen molar-refractivity contribution in [2.24, 2.45) is 0 Å². The van der Waals surface area contributed by atoms with Crippen LogP contribution in [0.2, 0.25) is 0 Å². The molecule has 0 radical (unpaired) electrons. The quantitative estimate of drug-likeness (QED) is 0.217. The predicted octanol–water partition coefficient (Wildman–Crippen LogP) is 6.37. The summed E-state index contributed by atoms with van der Waals surface area (Å²) in [5.74, 6) is -0.0433. The van der Waals surface area contributed by atoms with Crippen LogP contribution in [0.4, 0.5) is 0 Å². The Balaban J connectivity index is 1.29. The minimum atomic E-state index is -0.478. The van der Waals surface area contributed by atoms with E-state index in [9.17, 15) is 4.79 Å². The lowest BCUT2D eigenvalue weighted by Gasteiger charge is -2.06. The van der Waals surface area contributed by atoms with Crippen molar-refractivity contribution in [3.05, 3.63) is 127 Å². The highest BCUT2D eigenvalue weighted by Crippen LogP contribution is 2.26. The number of ether oxygens (including phenoxy) is 1. The Morgan fingerprint density at radius 1 is 0.694 bits per heavy atom. The van der Waals surface area contributed by atoms with Crippen LogP contribution >= 0.6 is 0 Å². The number of fused-ring (bicyclic) bond motifs is 1. The Morgan fingerprint density at radius 3 is 2.11 bits per heavy atom. The highest BCUT2D eigenvalue weighted by molar-refractivity contribution is 5.97. The third kappa shape index (κ3) is 4.23. The first kappa shape index (κ1) is 21.4. The molecule has 0 atom stereocenters. The summed E-state index contributed by atoms with van der Waals surface area (Å²) in [6.07, 6.45) is 3.45. The lowest BCUT2D eigenvalue weighted by Crippen LogP contribution is -2.09. The molecule has 172 valence electrons. The fourth-order valence-electron chi connectivity index (χ4n) is 4.00. The van der Waals surface area contributed by atoms with Gasteiger partial charge in [0.15, 0.2) is 0 Å². The van der Waals surface area contributed by atoms with E-state index >= 15 is 0 Å². The molecule has 0 spiro atoms. The fourth-order valence-corrected chi connectivity index (χ4v) is 4.00. The Hall–Kier alpha value is -5.10. The number of hydrogen-bond acceptors (Lipinski definition) is 5. The van der Waals surface area contributed by atoms with Crippen LogP contribution in [0.1, 0.15) is 10.4 Å². The third-order valence-corrected chi connectivity index (χ3v) is 5.81. The average Bonchev–Trinajstić information content (AvgIpc) is 3.40. The Morgan fingerprint density at radius 2 is 1.36 bits per heavy atom. The summed E-state index contributed by atoms with van der Waals surface area (Å²) in [5.41, 5.74) is 5.95. The largest absolute Gasteiger partial charge is 0.423 e. The zero-order valence-corrected chi connectivity index (χ0v) is 19.2. The van der Waals surface area contributed by atoms with Crippen molar-refractivity contribution >= 4 is 17.0 Å². The molecule has 0 saturated heterocycles. The molecule has 0 amide bonds. The zero-order valence-electron chi connectivity index (χ0n) is 19.2.